The molecule has 0 saturated carbocycles. The minimum absolute atomic E-state index is 0.0173. The molecule has 3 N–H and O–H groups in total. The summed E-state index contributed by atoms with van der Waals surface area (Å²) in [7, 11) is 0. The molecular weight excluding hydrogens is 398 g/mol. The fourth-order valence-electron chi connectivity index (χ4n) is 3.36. The van der Waals surface area contributed by atoms with Gasteiger partial charge in [0.05, 0.1) is 5.39 Å². The van der Waals surface area contributed by atoms with Crippen molar-refractivity contribution >= 4 is 22.6 Å². The van der Waals surface area contributed by atoms with Gasteiger partial charge in [-0.2, -0.15) is 5.10 Å². The number of phenolic OH excluding ortho intramolecular Hbond substituents is 1. The number of rotatable bonds is 9. The fraction of sp³-hybridized carbons (Fsp3) is 0.304. The number of amides is 1. The Balaban J connectivity index is 1.92. The number of unbranched alkanes of at least 4 members (excludes halogenated alkanes) is 2. The predicted octanol–water partition coefficient (Wildman–Crippen LogP) is 2.72. The lowest BCUT2D eigenvalue weighted by Gasteiger charge is -2.16. The topological polar surface area (TPSA) is 122 Å². The second kappa shape index (κ2) is 9.88. The van der Waals surface area contributed by atoms with E-state index in [4.69, 9.17) is 0 Å². The van der Waals surface area contributed by atoms with Gasteiger partial charge in [0.25, 0.3) is 11.5 Å². The van der Waals surface area contributed by atoms with Crippen molar-refractivity contribution in [2.24, 2.45) is 0 Å². The van der Waals surface area contributed by atoms with E-state index in [-0.39, 0.29) is 23.4 Å². The van der Waals surface area contributed by atoms with Crippen LogP contribution in [-0.4, -0.2) is 37.9 Å². The van der Waals surface area contributed by atoms with E-state index in [9.17, 15) is 24.6 Å². The molecule has 162 valence electrons. The monoisotopic (exact) mass is 423 g/mol. The highest BCUT2D eigenvalue weighted by Crippen LogP contribution is 2.15. The Bertz CT molecular complexity index is 1140. The lowest BCUT2D eigenvalue weighted by atomic mass is 10.0. The Hall–Kier alpha value is -3.68. The number of carbonyl (C=O) groups is 2. The maximum Gasteiger partial charge on any atom is 0.326 e. The minimum atomic E-state index is -1.20. The van der Waals surface area contributed by atoms with Crippen LogP contribution in [0.3, 0.4) is 0 Å². The van der Waals surface area contributed by atoms with Crippen LogP contribution < -0.4 is 10.9 Å². The van der Waals surface area contributed by atoms with Gasteiger partial charge >= 0.3 is 5.97 Å². The van der Waals surface area contributed by atoms with E-state index in [0.29, 0.717) is 22.9 Å². The Kier molecular flexibility index (Phi) is 7.02. The zero-order chi connectivity index (χ0) is 22.4. The van der Waals surface area contributed by atoms with Crippen molar-refractivity contribution in [3.8, 4) is 5.75 Å². The quantitative estimate of drug-likeness (QED) is 0.455. The van der Waals surface area contributed by atoms with Gasteiger partial charge < -0.3 is 15.5 Å². The average molecular weight is 423 g/mol. The van der Waals surface area contributed by atoms with E-state index in [2.05, 4.69) is 17.3 Å². The summed E-state index contributed by atoms with van der Waals surface area (Å²) in [5.74, 6) is -1.78. The molecule has 3 aromatic rings. The molecule has 1 aromatic heterocycles. The number of carboxylic acids is 1. The number of aromatic hydroxyl groups is 1. The van der Waals surface area contributed by atoms with E-state index in [1.165, 1.54) is 16.8 Å². The first-order valence-electron chi connectivity index (χ1n) is 10.2. The molecule has 0 saturated heterocycles. The summed E-state index contributed by atoms with van der Waals surface area (Å²) in [5, 5.41) is 26.5. The lowest BCUT2D eigenvalue weighted by molar-refractivity contribution is -0.139. The molecule has 31 heavy (non-hydrogen) atoms. The number of aromatic nitrogens is 2. The van der Waals surface area contributed by atoms with Crippen LogP contribution in [0.5, 0.6) is 5.75 Å². The van der Waals surface area contributed by atoms with Crippen LogP contribution >= 0.6 is 0 Å². The first-order chi connectivity index (χ1) is 14.9. The molecule has 1 atom stereocenters. The number of aryl methyl sites for hydroxylation is 1. The van der Waals surface area contributed by atoms with E-state index < -0.39 is 17.9 Å². The minimum Gasteiger partial charge on any atom is -0.508 e. The number of carboxylic acid groups (broad SMARTS) is 1. The summed E-state index contributed by atoms with van der Waals surface area (Å²) >= 11 is 0. The molecule has 0 spiro atoms. The smallest absolute Gasteiger partial charge is 0.326 e. The summed E-state index contributed by atoms with van der Waals surface area (Å²) in [6.07, 6.45) is 2.69. The Labute approximate surface area is 179 Å². The fourth-order valence-corrected chi connectivity index (χ4v) is 3.36. The van der Waals surface area contributed by atoms with Gasteiger partial charge in [-0.05, 0) is 30.2 Å². The molecule has 0 unspecified atom stereocenters. The van der Waals surface area contributed by atoms with Crippen LogP contribution in [0.4, 0.5) is 0 Å². The summed E-state index contributed by atoms with van der Waals surface area (Å²) in [5.41, 5.74) is 0.388. The van der Waals surface area contributed by atoms with Crippen molar-refractivity contribution in [2.45, 2.75) is 45.2 Å². The van der Waals surface area contributed by atoms with E-state index in [1.54, 1.807) is 36.4 Å². The highest BCUT2D eigenvalue weighted by molar-refractivity contribution is 6.05. The Morgan fingerprint density at radius 3 is 2.39 bits per heavy atom. The van der Waals surface area contributed by atoms with Crippen molar-refractivity contribution in [3.63, 3.8) is 0 Å². The summed E-state index contributed by atoms with van der Waals surface area (Å²) in [6, 6.07) is 11.6. The van der Waals surface area contributed by atoms with Crippen molar-refractivity contribution in [3.05, 3.63) is 70.1 Å². The van der Waals surface area contributed by atoms with Crippen LogP contribution in [0, 0.1) is 0 Å². The first-order valence-corrected chi connectivity index (χ1v) is 10.2. The maximum absolute atomic E-state index is 13.0. The highest BCUT2D eigenvalue weighted by atomic mass is 16.4. The van der Waals surface area contributed by atoms with E-state index in [0.717, 1.165) is 19.3 Å². The summed E-state index contributed by atoms with van der Waals surface area (Å²) in [6.45, 7) is 2.43. The molecular formula is C23H25N3O5. The third-order valence-corrected chi connectivity index (χ3v) is 5.04. The van der Waals surface area contributed by atoms with Crippen molar-refractivity contribution in [1.82, 2.24) is 15.1 Å². The average Bonchev–Trinajstić information content (AvgIpc) is 2.76. The number of benzene rings is 2. The van der Waals surface area contributed by atoms with Gasteiger partial charge in [-0.1, -0.05) is 50.1 Å². The molecule has 0 fully saturated rings. The van der Waals surface area contributed by atoms with Crippen LogP contribution in [-0.2, 0) is 17.8 Å². The first kappa shape index (κ1) is 22.0. The standard InChI is InChI=1S/C23H25N3O5/c1-2-3-6-13-26-22(29)18-8-5-4-7-17(18)20(25-26)21(28)24-19(23(30)31)14-15-9-11-16(27)12-10-15/h4-5,7-12,19,27H,2-3,6,13-14H2,1H3,(H,24,28)(H,30,31)/t19-/m0/s1. The number of aliphatic carboxylic acids is 1. The van der Waals surface area contributed by atoms with Gasteiger partial charge in [0.2, 0.25) is 0 Å². The number of nitrogens with zero attached hydrogens (tertiary/aromatic N) is 2. The Morgan fingerprint density at radius 2 is 1.74 bits per heavy atom. The zero-order valence-corrected chi connectivity index (χ0v) is 17.2. The number of carbonyl (C=O) groups excluding carboxylic acids is 1. The molecule has 0 aliphatic heterocycles. The van der Waals surface area contributed by atoms with Gasteiger partial charge in [0.15, 0.2) is 5.69 Å². The van der Waals surface area contributed by atoms with Crippen LogP contribution in [0.15, 0.2) is 53.3 Å². The third-order valence-electron chi connectivity index (χ3n) is 5.04. The zero-order valence-electron chi connectivity index (χ0n) is 17.2. The summed E-state index contributed by atoms with van der Waals surface area (Å²) < 4.78 is 1.28. The molecule has 0 aliphatic carbocycles. The molecule has 0 bridgehead atoms. The third kappa shape index (κ3) is 5.28. The normalized spacial score (nSPS) is 11.9. The number of nitrogens with one attached hydrogen (secondary N) is 1. The maximum atomic E-state index is 13.0. The second-order valence-electron chi connectivity index (χ2n) is 7.36. The van der Waals surface area contributed by atoms with Gasteiger partial charge in [0.1, 0.15) is 11.8 Å². The second-order valence-corrected chi connectivity index (χ2v) is 7.36. The SMILES string of the molecule is CCCCCn1nc(C(=O)N[C@@H](Cc2ccc(O)cc2)C(=O)O)c2ccccc2c1=O. The molecule has 1 heterocycles. The summed E-state index contributed by atoms with van der Waals surface area (Å²) in [4.78, 5) is 37.5. The lowest BCUT2D eigenvalue weighted by Crippen LogP contribution is -2.43. The van der Waals surface area contributed by atoms with Crippen molar-refractivity contribution < 1.29 is 19.8 Å². The van der Waals surface area contributed by atoms with Crippen LogP contribution in [0.2, 0.25) is 0 Å². The predicted molar refractivity (Wildman–Crippen MR) is 116 cm³/mol. The van der Waals surface area contributed by atoms with E-state index >= 15 is 0 Å². The molecule has 0 aliphatic rings. The largest absolute Gasteiger partial charge is 0.508 e. The number of hydrogen-bond acceptors (Lipinski definition) is 5. The number of phenols is 1. The number of fused-ring (bicyclic) bond motifs is 1. The Morgan fingerprint density at radius 1 is 1.06 bits per heavy atom. The molecule has 1 amide bonds. The van der Waals surface area contributed by atoms with Crippen molar-refractivity contribution in [1.29, 1.82) is 0 Å². The molecule has 8 nitrogen and oxygen atoms in total. The van der Waals surface area contributed by atoms with Gasteiger partial charge in [0, 0.05) is 18.4 Å². The van der Waals surface area contributed by atoms with Gasteiger partial charge in [-0.25, -0.2) is 9.48 Å². The van der Waals surface area contributed by atoms with Gasteiger partial charge in [-0.15, -0.1) is 0 Å². The molecule has 3 rings (SSSR count). The van der Waals surface area contributed by atoms with Crippen LogP contribution in [0.25, 0.3) is 10.8 Å². The molecule has 0 radical (unpaired) electrons. The van der Waals surface area contributed by atoms with Gasteiger partial charge in [-0.3, -0.25) is 9.59 Å². The van der Waals surface area contributed by atoms with Crippen molar-refractivity contribution in [2.75, 3.05) is 0 Å². The van der Waals surface area contributed by atoms with Crippen LogP contribution in [0.1, 0.15) is 42.2 Å². The molecule has 8 heteroatoms. The molecule has 2 aromatic carbocycles. The highest BCUT2D eigenvalue weighted by Gasteiger charge is 2.24. The van der Waals surface area contributed by atoms with E-state index in [1.807, 2.05) is 0 Å². The number of hydrogen-bond donors (Lipinski definition) is 3.